The first-order valence-electron chi connectivity index (χ1n) is 7.09. The van der Waals surface area contributed by atoms with Crippen LogP contribution in [0.25, 0.3) is 0 Å². The van der Waals surface area contributed by atoms with Crippen LogP contribution in [0.2, 0.25) is 0 Å². The Kier molecular flexibility index (Phi) is 5.44. The van der Waals surface area contributed by atoms with E-state index in [4.69, 9.17) is 0 Å². The van der Waals surface area contributed by atoms with E-state index in [0.717, 1.165) is 17.5 Å². The summed E-state index contributed by atoms with van der Waals surface area (Å²) in [7, 11) is 0. The Balaban J connectivity index is 1.90. The van der Waals surface area contributed by atoms with E-state index in [2.05, 4.69) is 29.1 Å². The lowest BCUT2D eigenvalue weighted by atomic mass is 10.1. The fourth-order valence-electron chi connectivity index (χ4n) is 2.16. The minimum absolute atomic E-state index is 0.195. The molecule has 0 fully saturated rings. The molecule has 0 saturated carbocycles. The van der Waals surface area contributed by atoms with E-state index in [0.29, 0.717) is 13.1 Å². The second kappa shape index (κ2) is 7.31. The average molecular weight is 309 g/mol. The normalized spacial score (nSPS) is 11.5. The predicted molar refractivity (Wildman–Crippen MR) is 79.5 cm³/mol. The van der Waals surface area contributed by atoms with Crippen LogP contribution in [0, 0.1) is 0 Å². The van der Waals surface area contributed by atoms with Crippen LogP contribution in [0.15, 0.2) is 48.5 Å². The standard InChI is InChI=1S/C17H18F3NO/c1-2-13-5-3-6-14(9-13)11-21-12-15-7-4-8-16(10-15)22-17(18,19)20/h3-10,21H,2,11-12H2,1H3. The maximum absolute atomic E-state index is 12.2. The minimum atomic E-state index is -4.66. The number of hydrogen-bond acceptors (Lipinski definition) is 2. The van der Waals surface area contributed by atoms with Crippen molar-refractivity contribution >= 4 is 0 Å². The van der Waals surface area contributed by atoms with Crippen LogP contribution in [0.4, 0.5) is 13.2 Å². The molecule has 0 atom stereocenters. The minimum Gasteiger partial charge on any atom is -0.406 e. The first-order chi connectivity index (χ1) is 10.5. The summed E-state index contributed by atoms with van der Waals surface area (Å²) >= 11 is 0. The third-order valence-electron chi connectivity index (χ3n) is 3.19. The summed E-state index contributed by atoms with van der Waals surface area (Å²) in [6.07, 6.45) is -3.68. The molecule has 1 N–H and O–H groups in total. The smallest absolute Gasteiger partial charge is 0.406 e. The Hall–Kier alpha value is -2.01. The van der Waals surface area contributed by atoms with E-state index >= 15 is 0 Å². The molecule has 0 aliphatic carbocycles. The van der Waals surface area contributed by atoms with E-state index in [-0.39, 0.29) is 5.75 Å². The molecule has 0 spiro atoms. The van der Waals surface area contributed by atoms with Crippen molar-refractivity contribution in [2.75, 3.05) is 0 Å². The van der Waals surface area contributed by atoms with Gasteiger partial charge in [0.1, 0.15) is 5.75 Å². The summed E-state index contributed by atoms with van der Waals surface area (Å²) in [5.74, 6) is -0.195. The van der Waals surface area contributed by atoms with Gasteiger partial charge in [0.2, 0.25) is 0 Å². The van der Waals surface area contributed by atoms with Crippen molar-refractivity contribution in [3.8, 4) is 5.75 Å². The highest BCUT2D eigenvalue weighted by Gasteiger charge is 2.31. The Labute approximate surface area is 127 Å². The third-order valence-corrected chi connectivity index (χ3v) is 3.19. The summed E-state index contributed by atoms with van der Waals surface area (Å²) in [6, 6.07) is 14.2. The van der Waals surface area contributed by atoms with Gasteiger partial charge in [0.25, 0.3) is 0 Å². The molecule has 22 heavy (non-hydrogen) atoms. The summed E-state index contributed by atoms with van der Waals surface area (Å²) in [5, 5.41) is 3.22. The van der Waals surface area contributed by atoms with Gasteiger partial charge in [0.15, 0.2) is 0 Å². The number of ether oxygens (including phenoxy) is 1. The molecule has 0 unspecified atom stereocenters. The van der Waals surface area contributed by atoms with Crippen LogP contribution in [0.3, 0.4) is 0 Å². The fraction of sp³-hybridized carbons (Fsp3) is 0.294. The lowest BCUT2D eigenvalue weighted by Gasteiger charge is -2.11. The monoisotopic (exact) mass is 309 g/mol. The van der Waals surface area contributed by atoms with Crippen molar-refractivity contribution in [2.24, 2.45) is 0 Å². The first-order valence-corrected chi connectivity index (χ1v) is 7.09. The molecule has 2 nitrogen and oxygen atoms in total. The SMILES string of the molecule is CCc1cccc(CNCc2cccc(OC(F)(F)F)c2)c1. The maximum atomic E-state index is 12.2. The van der Waals surface area contributed by atoms with Crippen LogP contribution in [-0.4, -0.2) is 6.36 Å². The van der Waals surface area contributed by atoms with Crippen LogP contribution >= 0.6 is 0 Å². The molecule has 0 aliphatic rings. The molecule has 0 aliphatic heterocycles. The second-order valence-electron chi connectivity index (χ2n) is 4.97. The largest absolute Gasteiger partial charge is 0.573 e. The molecular formula is C17H18F3NO. The second-order valence-corrected chi connectivity index (χ2v) is 4.97. The molecule has 0 radical (unpaired) electrons. The van der Waals surface area contributed by atoms with Crippen molar-refractivity contribution in [1.82, 2.24) is 5.32 Å². The molecule has 2 aromatic carbocycles. The van der Waals surface area contributed by atoms with Crippen molar-refractivity contribution in [3.63, 3.8) is 0 Å². The number of aryl methyl sites for hydroxylation is 1. The van der Waals surface area contributed by atoms with Crippen molar-refractivity contribution < 1.29 is 17.9 Å². The van der Waals surface area contributed by atoms with Crippen LogP contribution in [0.5, 0.6) is 5.75 Å². The summed E-state index contributed by atoms with van der Waals surface area (Å²) in [6.45, 7) is 3.24. The summed E-state index contributed by atoms with van der Waals surface area (Å²) < 4.78 is 40.4. The van der Waals surface area contributed by atoms with Gasteiger partial charge >= 0.3 is 6.36 Å². The van der Waals surface area contributed by atoms with E-state index in [1.54, 1.807) is 12.1 Å². The molecule has 2 rings (SSSR count). The van der Waals surface area contributed by atoms with E-state index < -0.39 is 6.36 Å². The number of alkyl halides is 3. The third kappa shape index (κ3) is 5.41. The van der Waals surface area contributed by atoms with Gasteiger partial charge < -0.3 is 10.1 Å². The number of rotatable bonds is 6. The number of halogens is 3. The van der Waals surface area contributed by atoms with Crippen LogP contribution in [-0.2, 0) is 19.5 Å². The Morgan fingerprint density at radius 3 is 2.14 bits per heavy atom. The molecule has 0 amide bonds. The summed E-state index contributed by atoms with van der Waals surface area (Å²) in [5.41, 5.74) is 3.16. The van der Waals surface area contributed by atoms with Gasteiger partial charge in [-0.3, -0.25) is 0 Å². The van der Waals surface area contributed by atoms with Crippen LogP contribution in [0.1, 0.15) is 23.6 Å². The maximum Gasteiger partial charge on any atom is 0.573 e. The molecule has 0 heterocycles. The van der Waals surface area contributed by atoms with Crippen LogP contribution < -0.4 is 10.1 Å². The van der Waals surface area contributed by atoms with Gasteiger partial charge in [-0.05, 0) is 35.2 Å². The Bertz CT molecular complexity index is 611. The number of benzene rings is 2. The van der Waals surface area contributed by atoms with Crippen molar-refractivity contribution in [1.29, 1.82) is 0 Å². The fourth-order valence-corrected chi connectivity index (χ4v) is 2.16. The first kappa shape index (κ1) is 16.4. The molecule has 0 saturated heterocycles. The van der Waals surface area contributed by atoms with E-state index in [9.17, 15) is 13.2 Å². The predicted octanol–water partition coefficient (Wildman–Crippen LogP) is 4.44. The quantitative estimate of drug-likeness (QED) is 0.852. The highest BCUT2D eigenvalue weighted by atomic mass is 19.4. The van der Waals surface area contributed by atoms with Crippen molar-refractivity contribution in [3.05, 3.63) is 65.2 Å². The molecular weight excluding hydrogens is 291 g/mol. The Morgan fingerprint density at radius 2 is 1.50 bits per heavy atom. The Morgan fingerprint density at radius 1 is 0.909 bits per heavy atom. The van der Waals surface area contributed by atoms with E-state index in [1.165, 1.54) is 17.7 Å². The molecule has 0 aromatic heterocycles. The van der Waals surface area contributed by atoms with Crippen molar-refractivity contribution in [2.45, 2.75) is 32.8 Å². The molecule has 118 valence electrons. The van der Waals surface area contributed by atoms with E-state index in [1.807, 2.05) is 12.1 Å². The van der Waals surface area contributed by atoms with Gasteiger partial charge in [0.05, 0.1) is 0 Å². The van der Waals surface area contributed by atoms with Gasteiger partial charge in [-0.25, -0.2) is 0 Å². The van der Waals surface area contributed by atoms with Gasteiger partial charge in [-0.2, -0.15) is 0 Å². The topological polar surface area (TPSA) is 21.3 Å². The zero-order chi connectivity index (χ0) is 16.0. The lowest BCUT2D eigenvalue weighted by Crippen LogP contribution is -2.17. The highest BCUT2D eigenvalue weighted by Crippen LogP contribution is 2.23. The molecule has 5 heteroatoms. The average Bonchev–Trinajstić information content (AvgIpc) is 2.46. The molecule has 0 bridgehead atoms. The van der Waals surface area contributed by atoms with Gasteiger partial charge in [0, 0.05) is 13.1 Å². The van der Waals surface area contributed by atoms with Gasteiger partial charge in [-0.15, -0.1) is 13.2 Å². The lowest BCUT2D eigenvalue weighted by molar-refractivity contribution is -0.274. The zero-order valence-electron chi connectivity index (χ0n) is 12.3. The number of hydrogen-bond donors (Lipinski definition) is 1. The molecule has 2 aromatic rings. The van der Waals surface area contributed by atoms with Gasteiger partial charge in [-0.1, -0.05) is 43.3 Å². The zero-order valence-corrected chi connectivity index (χ0v) is 12.3. The summed E-state index contributed by atoms with van der Waals surface area (Å²) in [4.78, 5) is 0. The number of nitrogens with one attached hydrogen (secondary N) is 1. The highest BCUT2D eigenvalue weighted by molar-refractivity contribution is 5.29.